The van der Waals surface area contributed by atoms with Gasteiger partial charge in [0, 0.05) is 16.7 Å². The monoisotopic (exact) mass is 371 g/mol. The Morgan fingerprint density at radius 1 is 1.26 bits per heavy atom. The van der Waals surface area contributed by atoms with E-state index in [1.165, 1.54) is 5.56 Å². The van der Waals surface area contributed by atoms with Crippen LogP contribution in [0.2, 0.25) is 0 Å². The summed E-state index contributed by atoms with van der Waals surface area (Å²) < 4.78 is 0.984. The molecule has 1 aliphatic heterocycles. The first-order valence-electron chi connectivity index (χ1n) is 7.63. The number of hydrogen-bond acceptors (Lipinski definition) is 3. The van der Waals surface area contributed by atoms with Crippen LogP contribution in [0.15, 0.2) is 58.1 Å². The van der Waals surface area contributed by atoms with E-state index in [9.17, 15) is 4.79 Å². The normalized spacial score (nSPS) is 13.9. The number of carbonyl (C=O) groups is 1. The third-order valence-corrected chi connectivity index (χ3v) is 4.29. The zero-order valence-electron chi connectivity index (χ0n) is 12.7. The summed E-state index contributed by atoms with van der Waals surface area (Å²) in [5, 5.41) is 4.03. The summed E-state index contributed by atoms with van der Waals surface area (Å²) in [6, 6.07) is 16.0. The molecule has 0 aromatic heterocycles. The molecule has 0 aliphatic carbocycles. The molecule has 1 N–H and O–H groups in total. The van der Waals surface area contributed by atoms with Gasteiger partial charge >= 0.3 is 0 Å². The fourth-order valence-corrected chi connectivity index (χ4v) is 3.17. The summed E-state index contributed by atoms with van der Waals surface area (Å²) in [7, 11) is 0. The van der Waals surface area contributed by atoms with Crippen LogP contribution >= 0.6 is 15.9 Å². The van der Waals surface area contributed by atoms with Gasteiger partial charge in [-0.3, -0.25) is 4.79 Å². The quantitative estimate of drug-likeness (QED) is 0.661. The van der Waals surface area contributed by atoms with Crippen molar-refractivity contribution in [3.63, 3.8) is 0 Å². The molecule has 3 rings (SSSR count). The summed E-state index contributed by atoms with van der Waals surface area (Å²) in [6.07, 6.45) is 3.80. The number of hydrogen-bond donors (Lipinski definition) is 1. The van der Waals surface area contributed by atoms with Crippen molar-refractivity contribution < 1.29 is 4.79 Å². The molecule has 2 aromatic rings. The van der Waals surface area contributed by atoms with E-state index in [-0.39, 0.29) is 5.91 Å². The van der Waals surface area contributed by atoms with Crippen LogP contribution in [0.4, 0.5) is 5.69 Å². The number of anilines is 1. The van der Waals surface area contributed by atoms with Crippen LogP contribution in [0, 0.1) is 0 Å². The number of fused-ring (bicyclic) bond motifs is 1. The minimum absolute atomic E-state index is 0.104. The van der Waals surface area contributed by atoms with Crippen molar-refractivity contribution in [2.45, 2.75) is 12.8 Å². The van der Waals surface area contributed by atoms with Gasteiger partial charge in [-0.25, -0.2) is 5.43 Å². The van der Waals surface area contributed by atoms with Crippen molar-refractivity contribution in [1.82, 2.24) is 5.43 Å². The van der Waals surface area contributed by atoms with Gasteiger partial charge in [0.25, 0.3) is 5.91 Å². The third-order valence-electron chi connectivity index (χ3n) is 3.79. The van der Waals surface area contributed by atoms with Gasteiger partial charge < -0.3 is 4.90 Å². The summed E-state index contributed by atoms with van der Waals surface area (Å²) >= 11 is 3.41. The number of amides is 1. The van der Waals surface area contributed by atoms with Crippen LogP contribution in [0.1, 0.15) is 17.5 Å². The highest BCUT2D eigenvalue weighted by molar-refractivity contribution is 9.10. The third kappa shape index (κ3) is 4.20. The van der Waals surface area contributed by atoms with Crippen molar-refractivity contribution >= 4 is 33.7 Å². The topological polar surface area (TPSA) is 44.7 Å². The molecule has 118 valence electrons. The molecule has 0 unspecified atom stereocenters. The van der Waals surface area contributed by atoms with E-state index >= 15 is 0 Å². The molecule has 0 bridgehead atoms. The number of nitrogens with one attached hydrogen (secondary N) is 1. The maximum Gasteiger partial charge on any atom is 0.259 e. The average Bonchev–Trinajstić information content (AvgIpc) is 2.55. The van der Waals surface area contributed by atoms with E-state index in [0.717, 1.165) is 35.1 Å². The van der Waals surface area contributed by atoms with Gasteiger partial charge in [-0.2, -0.15) is 5.10 Å². The SMILES string of the molecule is O=C(CN1CCCc2ccccc21)N/N=C\c1cccc(Br)c1. The number of halogens is 1. The van der Waals surface area contributed by atoms with E-state index in [1.807, 2.05) is 36.4 Å². The van der Waals surface area contributed by atoms with Gasteiger partial charge in [-0.15, -0.1) is 0 Å². The molecular weight excluding hydrogens is 354 g/mol. The Morgan fingerprint density at radius 3 is 3.00 bits per heavy atom. The largest absolute Gasteiger partial charge is 0.362 e. The van der Waals surface area contributed by atoms with Crippen LogP contribution in [0.5, 0.6) is 0 Å². The second kappa shape index (κ2) is 7.42. The van der Waals surface area contributed by atoms with Gasteiger partial charge in [-0.1, -0.05) is 46.3 Å². The van der Waals surface area contributed by atoms with Crippen molar-refractivity contribution in [2.24, 2.45) is 5.10 Å². The first-order valence-corrected chi connectivity index (χ1v) is 8.42. The van der Waals surface area contributed by atoms with Crippen LogP contribution in [0.3, 0.4) is 0 Å². The summed E-state index contributed by atoms with van der Waals surface area (Å²) in [5.41, 5.74) is 6.00. The maximum atomic E-state index is 12.1. The lowest BCUT2D eigenvalue weighted by Crippen LogP contribution is -2.38. The van der Waals surface area contributed by atoms with Gasteiger partial charge in [0.05, 0.1) is 12.8 Å². The van der Waals surface area contributed by atoms with Crippen LogP contribution in [-0.2, 0) is 11.2 Å². The molecule has 4 nitrogen and oxygen atoms in total. The first kappa shape index (κ1) is 15.7. The molecule has 5 heteroatoms. The van der Waals surface area contributed by atoms with Gasteiger partial charge in [0.15, 0.2) is 0 Å². The maximum absolute atomic E-state index is 12.1. The summed E-state index contributed by atoms with van der Waals surface area (Å²) in [6.45, 7) is 1.23. The van der Waals surface area contributed by atoms with Gasteiger partial charge in [-0.05, 0) is 42.2 Å². The number of hydrazone groups is 1. The molecule has 2 aromatic carbocycles. The number of rotatable bonds is 4. The summed E-state index contributed by atoms with van der Waals surface area (Å²) in [5.74, 6) is -0.104. The second-order valence-electron chi connectivity index (χ2n) is 5.50. The molecule has 1 heterocycles. The Morgan fingerprint density at radius 2 is 2.13 bits per heavy atom. The predicted octanol–water partition coefficient (Wildman–Crippen LogP) is 3.35. The zero-order chi connectivity index (χ0) is 16.1. The zero-order valence-corrected chi connectivity index (χ0v) is 14.3. The highest BCUT2D eigenvalue weighted by atomic mass is 79.9. The van der Waals surface area contributed by atoms with Crippen LogP contribution < -0.4 is 10.3 Å². The lowest BCUT2D eigenvalue weighted by molar-refractivity contribution is -0.119. The summed E-state index contributed by atoms with van der Waals surface area (Å²) in [4.78, 5) is 14.2. The van der Waals surface area contributed by atoms with Crippen molar-refractivity contribution in [2.75, 3.05) is 18.0 Å². The van der Waals surface area contributed by atoms with Crippen LogP contribution in [0.25, 0.3) is 0 Å². The minimum atomic E-state index is -0.104. The molecule has 0 atom stereocenters. The average molecular weight is 372 g/mol. The first-order chi connectivity index (χ1) is 11.2. The number of nitrogens with zero attached hydrogens (tertiary/aromatic N) is 2. The Labute approximate surface area is 144 Å². The molecule has 0 fully saturated rings. The molecule has 0 radical (unpaired) electrons. The highest BCUT2D eigenvalue weighted by Crippen LogP contribution is 2.26. The molecular formula is C18H18BrN3O. The van der Waals surface area contributed by atoms with Crippen LogP contribution in [-0.4, -0.2) is 25.2 Å². The number of carbonyl (C=O) groups excluding carboxylic acids is 1. The molecule has 23 heavy (non-hydrogen) atoms. The Hall–Kier alpha value is -2.14. The molecule has 0 saturated heterocycles. The lowest BCUT2D eigenvalue weighted by Gasteiger charge is -2.30. The Kier molecular flexibility index (Phi) is 5.08. The number of para-hydroxylation sites is 1. The standard InChI is InChI=1S/C18H18BrN3O/c19-16-8-3-5-14(11-16)12-20-21-18(23)13-22-10-4-7-15-6-1-2-9-17(15)22/h1-3,5-6,8-9,11-12H,4,7,10,13H2,(H,21,23)/b20-12-. The second-order valence-corrected chi connectivity index (χ2v) is 6.42. The van der Waals surface area contributed by atoms with E-state index in [0.29, 0.717) is 6.54 Å². The van der Waals surface area contributed by atoms with E-state index < -0.39 is 0 Å². The lowest BCUT2D eigenvalue weighted by atomic mass is 10.0. The molecule has 0 saturated carbocycles. The Bertz CT molecular complexity index is 730. The predicted molar refractivity (Wildman–Crippen MR) is 96.9 cm³/mol. The Balaban J connectivity index is 1.58. The van der Waals surface area contributed by atoms with E-state index in [4.69, 9.17) is 0 Å². The van der Waals surface area contributed by atoms with Gasteiger partial charge in [0.1, 0.15) is 0 Å². The smallest absolute Gasteiger partial charge is 0.259 e. The minimum Gasteiger partial charge on any atom is -0.362 e. The van der Waals surface area contributed by atoms with Gasteiger partial charge in [0.2, 0.25) is 0 Å². The van der Waals surface area contributed by atoms with Crippen molar-refractivity contribution in [1.29, 1.82) is 0 Å². The molecule has 0 spiro atoms. The fraction of sp³-hybridized carbons (Fsp3) is 0.222. The number of aryl methyl sites for hydroxylation is 1. The van der Waals surface area contributed by atoms with Crippen molar-refractivity contribution in [3.05, 3.63) is 64.1 Å². The van der Waals surface area contributed by atoms with E-state index in [1.54, 1.807) is 6.21 Å². The van der Waals surface area contributed by atoms with E-state index in [2.05, 4.69) is 43.5 Å². The molecule has 1 amide bonds. The highest BCUT2D eigenvalue weighted by Gasteiger charge is 2.18. The number of benzene rings is 2. The fourth-order valence-electron chi connectivity index (χ4n) is 2.75. The van der Waals surface area contributed by atoms with Crippen molar-refractivity contribution in [3.8, 4) is 0 Å². The molecule has 1 aliphatic rings.